The van der Waals surface area contributed by atoms with E-state index in [0.717, 1.165) is 5.82 Å². The van der Waals surface area contributed by atoms with Gasteiger partial charge >= 0.3 is 0 Å². The summed E-state index contributed by atoms with van der Waals surface area (Å²) in [6, 6.07) is 0. The fourth-order valence-corrected chi connectivity index (χ4v) is 1.17. The van der Waals surface area contributed by atoms with Crippen molar-refractivity contribution in [3.05, 3.63) is 12.2 Å². The Morgan fingerprint density at radius 3 is 2.91 bits per heavy atom. The van der Waals surface area contributed by atoms with Crippen LogP contribution in [0.25, 0.3) is 0 Å². The third kappa shape index (κ3) is 1.24. The van der Waals surface area contributed by atoms with E-state index in [9.17, 15) is 5.11 Å². The number of nitrogens with one attached hydrogen (secondary N) is 2. The first kappa shape index (κ1) is 6.75. The van der Waals surface area contributed by atoms with Gasteiger partial charge in [0.2, 0.25) is 0 Å². The number of hydrogen-bond donors (Lipinski definition) is 3. The van der Waals surface area contributed by atoms with Crippen molar-refractivity contribution >= 4 is 0 Å². The number of H-pyrrole nitrogens is 1. The van der Waals surface area contributed by atoms with E-state index in [0.29, 0.717) is 19.5 Å². The molecule has 2 rings (SSSR count). The minimum absolute atomic E-state index is 0.556. The van der Waals surface area contributed by atoms with Crippen molar-refractivity contribution in [1.29, 1.82) is 0 Å². The Labute approximate surface area is 63.8 Å². The highest BCUT2D eigenvalue weighted by molar-refractivity contribution is 5.00. The van der Waals surface area contributed by atoms with Crippen LogP contribution in [-0.2, 0) is 6.42 Å². The van der Waals surface area contributed by atoms with Crippen molar-refractivity contribution in [3.63, 3.8) is 0 Å². The Morgan fingerprint density at radius 2 is 2.45 bits per heavy atom. The zero-order valence-corrected chi connectivity index (χ0v) is 6.04. The van der Waals surface area contributed by atoms with Gasteiger partial charge in [-0.1, -0.05) is 0 Å². The highest BCUT2D eigenvalue weighted by Gasteiger charge is 2.35. The molecule has 0 spiro atoms. The second-order valence-electron chi connectivity index (χ2n) is 2.94. The SMILES string of the molecule is OC1(Cc2ncn[nH]2)CNC1. The topological polar surface area (TPSA) is 73.8 Å². The molecule has 1 aromatic rings. The molecule has 0 bridgehead atoms. The van der Waals surface area contributed by atoms with Crippen molar-refractivity contribution < 1.29 is 5.11 Å². The van der Waals surface area contributed by atoms with E-state index in [1.807, 2.05) is 0 Å². The summed E-state index contributed by atoms with van der Waals surface area (Å²) in [7, 11) is 0. The summed E-state index contributed by atoms with van der Waals surface area (Å²) in [5.74, 6) is 0.744. The lowest BCUT2D eigenvalue weighted by atomic mass is 9.93. The minimum atomic E-state index is -0.598. The molecule has 1 aliphatic rings. The van der Waals surface area contributed by atoms with Gasteiger partial charge in [-0.05, 0) is 0 Å². The van der Waals surface area contributed by atoms with E-state index >= 15 is 0 Å². The van der Waals surface area contributed by atoms with Crippen molar-refractivity contribution in [2.45, 2.75) is 12.0 Å². The fraction of sp³-hybridized carbons (Fsp3) is 0.667. The van der Waals surface area contributed by atoms with Gasteiger partial charge < -0.3 is 10.4 Å². The number of aliphatic hydroxyl groups is 1. The summed E-state index contributed by atoms with van der Waals surface area (Å²) in [6.07, 6.45) is 2.00. The molecule has 0 aromatic carbocycles. The minimum Gasteiger partial charge on any atom is -0.387 e. The van der Waals surface area contributed by atoms with Crippen LogP contribution < -0.4 is 5.32 Å². The van der Waals surface area contributed by atoms with E-state index < -0.39 is 5.60 Å². The lowest BCUT2D eigenvalue weighted by Gasteiger charge is -2.36. The fourth-order valence-electron chi connectivity index (χ4n) is 1.17. The van der Waals surface area contributed by atoms with E-state index in [-0.39, 0.29) is 0 Å². The average Bonchev–Trinajstić information content (AvgIpc) is 2.36. The monoisotopic (exact) mass is 154 g/mol. The lowest BCUT2D eigenvalue weighted by Crippen LogP contribution is -2.60. The summed E-state index contributed by atoms with van der Waals surface area (Å²) in [5, 5.41) is 19.0. The highest BCUT2D eigenvalue weighted by atomic mass is 16.3. The normalized spacial score (nSPS) is 21.2. The summed E-state index contributed by atoms with van der Waals surface area (Å²) >= 11 is 0. The van der Waals surface area contributed by atoms with Crippen molar-refractivity contribution in [3.8, 4) is 0 Å². The number of aromatic nitrogens is 3. The molecular weight excluding hydrogens is 144 g/mol. The van der Waals surface area contributed by atoms with Gasteiger partial charge in [0.25, 0.3) is 0 Å². The number of rotatable bonds is 2. The Hall–Kier alpha value is -0.940. The van der Waals surface area contributed by atoms with E-state index in [1.165, 1.54) is 6.33 Å². The van der Waals surface area contributed by atoms with Crippen molar-refractivity contribution in [1.82, 2.24) is 20.5 Å². The Balaban J connectivity index is 2.00. The molecule has 0 unspecified atom stereocenters. The molecule has 1 aliphatic heterocycles. The van der Waals surface area contributed by atoms with Gasteiger partial charge in [0.05, 0.1) is 5.60 Å². The predicted molar refractivity (Wildman–Crippen MR) is 37.9 cm³/mol. The molecule has 1 fully saturated rings. The Bertz CT molecular complexity index is 229. The third-order valence-electron chi connectivity index (χ3n) is 1.87. The number of nitrogens with zero attached hydrogens (tertiary/aromatic N) is 2. The van der Waals surface area contributed by atoms with Gasteiger partial charge in [-0.2, -0.15) is 5.10 Å². The van der Waals surface area contributed by atoms with Crippen LogP contribution in [0.4, 0.5) is 0 Å². The first-order valence-corrected chi connectivity index (χ1v) is 3.56. The van der Waals surface area contributed by atoms with Crippen LogP contribution in [0.15, 0.2) is 6.33 Å². The molecule has 0 aliphatic carbocycles. The molecular formula is C6H10N4O. The molecule has 0 radical (unpaired) electrons. The Kier molecular flexibility index (Phi) is 1.40. The standard InChI is InChI=1S/C6H10N4O/c11-6(2-7-3-6)1-5-8-4-9-10-5/h4,7,11H,1-3H2,(H,8,9,10). The maximum absolute atomic E-state index is 9.63. The molecule has 0 atom stereocenters. The van der Waals surface area contributed by atoms with Crippen LogP contribution in [0.3, 0.4) is 0 Å². The maximum Gasteiger partial charge on any atom is 0.137 e. The number of hydrogen-bond acceptors (Lipinski definition) is 4. The molecule has 1 aromatic heterocycles. The van der Waals surface area contributed by atoms with Gasteiger partial charge in [0.1, 0.15) is 12.2 Å². The van der Waals surface area contributed by atoms with Crippen molar-refractivity contribution in [2.24, 2.45) is 0 Å². The summed E-state index contributed by atoms with van der Waals surface area (Å²) in [6.45, 7) is 1.29. The quantitative estimate of drug-likeness (QED) is 0.494. The average molecular weight is 154 g/mol. The second-order valence-corrected chi connectivity index (χ2v) is 2.94. The number of β-amino-alcohol motifs (C(OH)–C–C–N with tert-alkyl or cyclic N) is 1. The molecule has 5 nitrogen and oxygen atoms in total. The molecule has 2 heterocycles. The second kappa shape index (κ2) is 2.28. The van der Waals surface area contributed by atoms with E-state index in [2.05, 4.69) is 20.5 Å². The van der Waals surface area contributed by atoms with Gasteiger partial charge in [0.15, 0.2) is 0 Å². The lowest BCUT2D eigenvalue weighted by molar-refractivity contribution is -0.0106. The van der Waals surface area contributed by atoms with E-state index in [1.54, 1.807) is 0 Å². The number of aromatic amines is 1. The Morgan fingerprint density at radius 1 is 1.64 bits per heavy atom. The van der Waals surface area contributed by atoms with Crippen LogP contribution in [0, 0.1) is 0 Å². The van der Waals surface area contributed by atoms with Crippen LogP contribution in [-0.4, -0.2) is 39.0 Å². The molecule has 5 heteroatoms. The van der Waals surface area contributed by atoms with Gasteiger partial charge in [-0.15, -0.1) is 0 Å². The third-order valence-corrected chi connectivity index (χ3v) is 1.87. The van der Waals surface area contributed by atoms with Crippen LogP contribution in [0.5, 0.6) is 0 Å². The van der Waals surface area contributed by atoms with Gasteiger partial charge in [-0.25, -0.2) is 4.98 Å². The summed E-state index contributed by atoms with van der Waals surface area (Å²) in [5.41, 5.74) is -0.598. The summed E-state index contributed by atoms with van der Waals surface area (Å²) in [4.78, 5) is 3.93. The molecule has 0 saturated carbocycles. The maximum atomic E-state index is 9.63. The summed E-state index contributed by atoms with van der Waals surface area (Å²) < 4.78 is 0. The van der Waals surface area contributed by atoms with Crippen LogP contribution in [0.2, 0.25) is 0 Å². The highest BCUT2D eigenvalue weighted by Crippen LogP contribution is 2.14. The first-order valence-electron chi connectivity index (χ1n) is 3.56. The molecule has 3 N–H and O–H groups in total. The first-order chi connectivity index (χ1) is 5.29. The largest absolute Gasteiger partial charge is 0.387 e. The molecule has 1 saturated heterocycles. The molecule has 0 amide bonds. The molecule has 60 valence electrons. The zero-order chi connectivity index (χ0) is 7.73. The van der Waals surface area contributed by atoms with Gasteiger partial charge in [-0.3, -0.25) is 5.10 Å². The van der Waals surface area contributed by atoms with E-state index in [4.69, 9.17) is 0 Å². The predicted octanol–water partition coefficient (Wildman–Crippen LogP) is -1.32. The molecule has 11 heavy (non-hydrogen) atoms. The van der Waals surface area contributed by atoms with Crippen LogP contribution in [0.1, 0.15) is 5.82 Å². The van der Waals surface area contributed by atoms with Crippen LogP contribution >= 0.6 is 0 Å². The zero-order valence-electron chi connectivity index (χ0n) is 6.04. The van der Waals surface area contributed by atoms with Crippen molar-refractivity contribution in [2.75, 3.05) is 13.1 Å². The smallest absolute Gasteiger partial charge is 0.137 e. The van der Waals surface area contributed by atoms with Gasteiger partial charge in [0, 0.05) is 19.5 Å².